The lowest BCUT2D eigenvalue weighted by Gasteiger charge is -2.21. The maximum Gasteiger partial charge on any atom is 0.255 e. The van der Waals surface area contributed by atoms with Crippen LogP contribution in [-0.2, 0) is 26.2 Å². The van der Waals surface area contributed by atoms with Crippen LogP contribution in [0.4, 0.5) is 0 Å². The number of hydrazone groups is 1. The van der Waals surface area contributed by atoms with Crippen LogP contribution in [0.5, 0.6) is 5.75 Å². The van der Waals surface area contributed by atoms with Crippen LogP contribution in [0.1, 0.15) is 11.1 Å². The molecule has 0 saturated heterocycles. The number of benzene rings is 3. The topological polar surface area (TPSA) is 131 Å². The fourth-order valence-corrected chi connectivity index (χ4v) is 4.46. The Bertz CT molecular complexity index is 1280. The van der Waals surface area contributed by atoms with Crippen LogP contribution in [0.3, 0.4) is 0 Å². The second-order valence-electron chi connectivity index (χ2n) is 7.33. The molecule has 0 bridgehead atoms. The van der Waals surface area contributed by atoms with E-state index in [4.69, 9.17) is 22.1 Å². The number of carbonyl (C=O) groups is 2. The highest BCUT2D eigenvalue weighted by atomic mass is 35.5. The zero-order valence-corrected chi connectivity index (χ0v) is 20.1. The number of primary amides is 1. The van der Waals surface area contributed by atoms with Crippen LogP contribution in [0.2, 0.25) is 5.02 Å². The van der Waals surface area contributed by atoms with Gasteiger partial charge < -0.3 is 10.5 Å². The molecule has 0 fully saturated rings. The van der Waals surface area contributed by atoms with Crippen molar-refractivity contribution >= 4 is 39.7 Å². The van der Waals surface area contributed by atoms with Crippen molar-refractivity contribution in [3.63, 3.8) is 0 Å². The summed E-state index contributed by atoms with van der Waals surface area (Å²) in [5.74, 6) is -0.747. The molecular weight excluding hydrogens is 492 g/mol. The first-order valence-corrected chi connectivity index (χ1v) is 12.2. The maximum atomic E-state index is 13.2. The number of sulfonamides is 1. The van der Waals surface area contributed by atoms with Gasteiger partial charge in [0.1, 0.15) is 5.75 Å². The Labute approximate surface area is 208 Å². The Balaban J connectivity index is 1.68. The van der Waals surface area contributed by atoms with Crippen LogP contribution >= 0.6 is 11.6 Å². The fourth-order valence-electron chi connectivity index (χ4n) is 2.95. The van der Waals surface area contributed by atoms with E-state index in [-0.39, 0.29) is 18.0 Å². The lowest BCUT2D eigenvalue weighted by atomic mass is 10.2. The molecule has 3 aromatic carbocycles. The van der Waals surface area contributed by atoms with E-state index in [0.29, 0.717) is 16.3 Å². The summed E-state index contributed by atoms with van der Waals surface area (Å²) in [5, 5.41) is 4.29. The molecule has 0 spiro atoms. The van der Waals surface area contributed by atoms with Crippen molar-refractivity contribution in [2.45, 2.75) is 11.4 Å². The molecule has 11 heteroatoms. The average molecular weight is 515 g/mol. The molecule has 3 rings (SSSR count). The van der Waals surface area contributed by atoms with Gasteiger partial charge in [0, 0.05) is 11.6 Å². The molecule has 0 saturated carbocycles. The fraction of sp³-hybridized carbons (Fsp3) is 0.125. The van der Waals surface area contributed by atoms with E-state index in [0.717, 1.165) is 9.87 Å². The third-order valence-corrected chi connectivity index (χ3v) is 6.70. The van der Waals surface area contributed by atoms with Crippen LogP contribution in [0.15, 0.2) is 88.9 Å². The molecule has 0 radical (unpaired) electrons. The number of hydrogen-bond donors (Lipinski definition) is 2. The van der Waals surface area contributed by atoms with Crippen molar-refractivity contribution in [1.82, 2.24) is 9.73 Å². The first-order chi connectivity index (χ1) is 16.7. The number of ether oxygens (including phenoxy) is 1. The second-order valence-corrected chi connectivity index (χ2v) is 9.70. The number of nitrogens with two attached hydrogens (primary N) is 1. The molecule has 3 aromatic rings. The van der Waals surface area contributed by atoms with Crippen molar-refractivity contribution < 1.29 is 22.7 Å². The smallest absolute Gasteiger partial charge is 0.255 e. The molecule has 0 aliphatic heterocycles. The molecule has 0 aromatic heterocycles. The van der Waals surface area contributed by atoms with Crippen molar-refractivity contribution in [2.24, 2.45) is 10.8 Å². The highest BCUT2D eigenvalue weighted by molar-refractivity contribution is 7.89. The summed E-state index contributed by atoms with van der Waals surface area (Å²) >= 11 is 5.89. The standard InChI is InChI=1S/C24H23ClN4O5S/c25-20-8-12-22(13-9-20)35(32,33)29(15-19-4-2-1-3-5-19)16-24(31)28-27-14-18-6-10-21(11-7-18)34-17-23(26)30/h1-14H,15-17H2,(H2,26,30)(H,28,31). The quantitative estimate of drug-likeness (QED) is 0.300. The SMILES string of the molecule is NC(=O)COc1ccc(C=NNC(=O)CN(Cc2ccccc2)S(=O)(=O)c2ccc(Cl)cc2)cc1. The number of hydrogen-bond acceptors (Lipinski definition) is 6. The van der Waals surface area contributed by atoms with Crippen molar-refractivity contribution in [3.8, 4) is 5.75 Å². The lowest BCUT2D eigenvalue weighted by molar-refractivity contribution is -0.121. The molecule has 0 aliphatic carbocycles. The lowest BCUT2D eigenvalue weighted by Crippen LogP contribution is -2.39. The summed E-state index contributed by atoms with van der Waals surface area (Å²) in [7, 11) is -3.99. The van der Waals surface area contributed by atoms with Crippen LogP contribution in [0, 0.1) is 0 Å². The number of halogens is 1. The minimum Gasteiger partial charge on any atom is -0.484 e. The summed E-state index contributed by atoms with van der Waals surface area (Å²) < 4.78 is 32.7. The van der Waals surface area contributed by atoms with Crippen LogP contribution in [0.25, 0.3) is 0 Å². The van der Waals surface area contributed by atoms with E-state index in [1.807, 2.05) is 6.07 Å². The summed E-state index contributed by atoms with van der Waals surface area (Å²) in [4.78, 5) is 23.3. The Morgan fingerprint density at radius 1 is 1.00 bits per heavy atom. The van der Waals surface area contributed by atoms with Gasteiger partial charge in [-0.2, -0.15) is 9.41 Å². The van der Waals surface area contributed by atoms with Gasteiger partial charge in [-0.1, -0.05) is 41.9 Å². The number of carbonyl (C=O) groups excluding carboxylic acids is 2. The normalized spacial score (nSPS) is 11.5. The summed E-state index contributed by atoms with van der Waals surface area (Å²) in [6.45, 7) is -0.686. The minimum absolute atomic E-state index is 0.00427. The van der Waals surface area contributed by atoms with Gasteiger partial charge in [-0.05, 0) is 59.7 Å². The largest absolute Gasteiger partial charge is 0.484 e. The Morgan fingerprint density at radius 3 is 2.29 bits per heavy atom. The summed E-state index contributed by atoms with van der Waals surface area (Å²) in [6.07, 6.45) is 1.39. The van der Waals surface area contributed by atoms with E-state index in [1.165, 1.54) is 30.5 Å². The van der Waals surface area contributed by atoms with E-state index < -0.39 is 28.4 Å². The Kier molecular flexibility index (Phi) is 8.96. The van der Waals surface area contributed by atoms with Crippen molar-refractivity contribution in [2.75, 3.05) is 13.2 Å². The second kappa shape index (κ2) is 12.1. The molecule has 0 aliphatic rings. The molecule has 0 heterocycles. The third-order valence-electron chi connectivity index (χ3n) is 4.64. The molecule has 3 N–H and O–H groups in total. The Hall–Kier alpha value is -3.73. The molecule has 9 nitrogen and oxygen atoms in total. The number of nitrogens with one attached hydrogen (secondary N) is 1. The van der Waals surface area contributed by atoms with E-state index in [9.17, 15) is 18.0 Å². The first kappa shape index (κ1) is 25.9. The number of amides is 2. The summed E-state index contributed by atoms with van der Waals surface area (Å²) in [5.41, 5.74) is 8.75. The van der Waals surface area contributed by atoms with Crippen molar-refractivity contribution in [3.05, 3.63) is 95.0 Å². The first-order valence-electron chi connectivity index (χ1n) is 10.4. The zero-order chi connectivity index (χ0) is 25.3. The van der Waals surface area contributed by atoms with Crippen molar-refractivity contribution in [1.29, 1.82) is 0 Å². The van der Waals surface area contributed by atoms with Gasteiger partial charge in [-0.15, -0.1) is 0 Å². The van der Waals surface area contributed by atoms with Gasteiger partial charge in [-0.25, -0.2) is 13.8 Å². The number of rotatable bonds is 11. The molecular formula is C24H23ClN4O5S. The molecule has 0 atom stereocenters. The van der Waals surface area contributed by atoms with E-state index >= 15 is 0 Å². The van der Waals surface area contributed by atoms with Gasteiger partial charge in [0.15, 0.2) is 6.61 Å². The monoisotopic (exact) mass is 514 g/mol. The van der Waals surface area contributed by atoms with Gasteiger partial charge in [0.25, 0.3) is 11.8 Å². The average Bonchev–Trinajstić information content (AvgIpc) is 2.84. The molecule has 35 heavy (non-hydrogen) atoms. The van der Waals surface area contributed by atoms with Gasteiger partial charge in [0.05, 0.1) is 17.7 Å². The van der Waals surface area contributed by atoms with Gasteiger partial charge in [0.2, 0.25) is 10.0 Å². The minimum atomic E-state index is -3.99. The molecule has 182 valence electrons. The van der Waals surface area contributed by atoms with E-state index in [2.05, 4.69) is 10.5 Å². The maximum absolute atomic E-state index is 13.2. The van der Waals surface area contributed by atoms with E-state index in [1.54, 1.807) is 48.5 Å². The highest BCUT2D eigenvalue weighted by Gasteiger charge is 2.27. The molecule has 2 amide bonds. The predicted molar refractivity (Wildman–Crippen MR) is 132 cm³/mol. The Morgan fingerprint density at radius 2 is 1.66 bits per heavy atom. The number of nitrogens with zero attached hydrogens (tertiary/aromatic N) is 2. The van der Waals surface area contributed by atoms with Gasteiger partial charge >= 0.3 is 0 Å². The summed E-state index contributed by atoms with van der Waals surface area (Å²) in [6, 6.07) is 21.2. The molecule has 0 unspecified atom stereocenters. The zero-order valence-electron chi connectivity index (χ0n) is 18.5. The van der Waals surface area contributed by atoms with Crippen LogP contribution < -0.4 is 15.9 Å². The highest BCUT2D eigenvalue weighted by Crippen LogP contribution is 2.20. The van der Waals surface area contributed by atoms with Gasteiger partial charge in [-0.3, -0.25) is 9.59 Å². The van der Waals surface area contributed by atoms with Crippen LogP contribution in [-0.4, -0.2) is 43.9 Å². The predicted octanol–water partition coefficient (Wildman–Crippen LogP) is 2.55. The third kappa shape index (κ3) is 7.92.